The van der Waals surface area contributed by atoms with Gasteiger partial charge in [0.15, 0.2) is 6.61 Å². The maximum Gasteiger partial charge on any atom is 0.348 e. The number of carbonyl (C=O) groups is 3. The first kappa shape index (κ1) is 22.1. The number of likely N-dealkylation sites (N-methyl/N-ethyl adjacent to an activating group) is 1. The van der Waals surface area contributed by atoms with Gasteiger partial charge in [-0.1, -0.05) is 60.7 Å². The van der Waals surface area contributed by atoms with Gasteiger partial charge in [0.25, 0.3) is 5.91 Å². The number of carbonyl (C=O) groups excluding carboxylic acids is 3. The largest absolute Gasteiger partial charge is 0.453 e. The first-order valence-electron chi connectivity index (χ1n) is 9.31. The smallest absolute Gasteiger partial charge is 0.348 e. The second-order valence-corrected chi connectivity index (χ2v) is 6.49. The fourth-order valence-electron chi connectivity index (χ4n) is 2.81. The van der Waals surface area contributed by atoms with Gasteiger partial charge in [0, 0.05) is 20.7 Å². The van der Waals surface area contributed by atoms with Crippen LogP contribution in [0.2, 0.25) is 0 Å². The third kappa shape index (κ3) is 5.42. The molecular formula is C22H26N2O5. The van der Waals surface area contributed by atoms with Crippen LogP contribution >= 0.6 is 0 Å². The van der Waals surface area contributed by atoms with E-state index in [0.717, 1.165) is 0 Å². The SMILES string of the molecule is CCOC(C(=O)OCC(=O)NCC(=O)N(C)C)(c1ccccc1)c1ccccc1. The molecule has 0 aromatic heterocycles. The molecule has 0 spiro atoms. The summed E-state index contributed by atoms with van der Waals surface area (Å²) < 4.78 is 11.3. The quantitative estimate of drug-likeness (QED) is 0.650. The predicted octanol–water partition coefficient (Wildman–Crippen LogP) is 1.71. The van der Waals surface area contributed by atoms with Gasteiger partial charge in [0.05, 0.1) is 6.54 Å². The number of nitrogens with zero attached hydrogens (tertiary/aromatic N) is 1. The lowest BCUT2D eigenvalue weighted by Gasteiger charge is -2.32. The van der Waals surface area contributed by atoms with Crippen LogP contribution in [0.25, 0.3) is 0 Å². The molecule has 2 rings (SSSR count). The Bertz CT molecular complexity index is 782. The Morgan fingerprint density at radius 3 is 1.90 bits per heavy atom. The molecule has 0 atom stereocenters. The number of rotatable bonds is 9. The Morgan fingerprint density at radius 2 is 1.45 bits per heavy atom. The molecule has 0 fully saturated rings. The topological polar surface area (TPSA) is 84.9 Å². The van der Waals surface area contributed by atoms with Crippen LogP contribution in [0.3, 0.4) is 0 Å². The number of nitrogens with one attached hydrogen (secondary N) is 1. The van der Waals surface area contributed by atoms with Gasteiger partial charge >= 0.3 is 5.97 Å². The highest BCUT2D eigenvalue weighted by Gasteiger charge is 2.45. The van der Waals surface area contributed by atoms with E-state index in [1.54, 1.807) is 69.6 Å². The average molecular weight is 398 g/mol. The molecule has 2 aromatic rings. The number of esters is 1. The minimum Gasteiger partial charge on any atom is -0.453 e. The standard InChI is InChI=1S/C22H26N2O5/c1-4-29-22(17-11-7-5-8-12-17,18-13-9-6-10-14-18)21(27)28-16-19(25)23-15-20(26)24(2)3/h5-14H,4,15-16H2,1-3H3,(H,23,25). The molecule has 0 unspecified atom stereocenters. The summed E-state index contributed by atoms with van der Waals surface area (Å²) in [4.78, 5) is 38.2. The fourth-order valence-corrected chi connectivity index (χ4v) is 2.81. The van der Waals surface area contributed by atoms with E-state index in [9.17, 15) is 14.4 Å². The average Bonchev–Trinajstić information content (AvgIpc) is 2.75. The van der Waals surface area contributed by atoms with E-state index in [1.807, 2.05) is 12.1 Å². The van der Waals surface area contributed by atoms with Gasteiger partial charge < -0.3 is 19.7 Å². The van der Waals surface area contributed by atoms with E-state index in [4.69, 9.17) is 9.47 Å². The number of ether oxygens (including phenoxy) is 2. The van der Waals surface area contributed by atoms with Crippen molar-refractivity contribution in [1.29, 1.82) is 0 Å². The molecule has 7 heteroatoms. The number of hydrogen-bond donors (Lipinski definition) is 1. The minimum atomic E-state index is -1.50. The molecule has 2 amide bonds. The number of benzene rings is 2. The van der Waals surface area contributed by atoms with Crippen LogP contribution < -0.4 is 5.32 Å². The molecule has 0 saturated heterocycles. The Kier molecular flexibility index (Phi) is 7.91. The second kappa shape index (κ2) is 10.4. The van der Waals surface area contributed by atoms with Crippen LogP contribution in [0.15, 0.2) is 60.7 Å². The fraction of sp³-hybridized carbons (Fsp3) is 0.318. The van der Waals surface area contributed by atoms with Crippen molar-refractivity contribution in [2.24, 2.45) is 0 Å². The Labute approximate surface area is 170 Å². The van der Waals surface area contributed by atoms with Crippen molar-refractivity contribution in [2.45, 2.75) is 12.5 Å². The van der Waals surface area contributed by atoms with Gasteiger partial charge in [0.2, 0.25) is 11.5 Å². The third-order valence-electron chi connectivity index (χ3n) is 4.28. The lowest BCUT2D eigenvalue weighted by atomic mass is 9.86. The van der Waals surface area contributed by atoms with E-state index in [0.29, 0.717) is 11.1 Å². The highest BCUT2D eigenvalue weighted by Crippen LogP contribution is 2.35. The molecule has 0 aliphatic heterocycles. The summed E-state index contributed by atoms with van der Waals surface area (Å²) in [5.41, 5.74) is -0.306. The maximum atomic E-state index is 13.2. The summed E-state index contributed by atoms with van der Waals surface area (Å²) in [5.74, 6) is -1.53. The molecule has 0 aliphatic rings. The van der Waals surface area contributed by atoms with Gasteiger partial charge in [-0.25, -0.2) is 4.79 Å². The van der Waals surface area contributed by atoms with Gasteiger partial charge in [-0.2, -0.15) is 0 Å². The maximum absolute atomic E-state index is 13.2. The zero-order valence-corrected chi connectivity index (χ0v) is 16.9. The van der Waals surface area contributed by atoms with Crippen molar-refractivity contribution in [3.05, 3.63) is 71.8 Å². The van der Waals surface area contributed by atoms with Crippen molar-refractivity contribution in [3.63, 3.8) is 0 Å². The molecule has 0 heterocycles. The van der Waals surface area contributed by atoms with E-state index in [2.05, 4.69) is 5.32 Å². The van der Waals surface area contributed by atoms with E-state index >= 15 is 0 Å². The number of hydrogen-bond acceptors (Lipinski definition) is 5. The van der Waals surface area contributed by atoms with Crippen molar-refractivity contribution in [1.82, 2.24) is 10.2 Å². The summed E-state index contributed by atoms with van der Waals surface area (Å²) >= 11 is 0. The van der Waals surface area contributed by atoms with Crippen molar-refractivity contribution in [3.8, 4) is 0 Å². The highest BCUT2D eigenvalue weighted by atomic mass is 16.6. The van der Waals surface area contributed by atoms with E-state index in [-0.39, 0.29) is 19.1 Å². The van der Waals surface area contributed by atoms with Gasteiger partial charge in [-0.3, -0.25) is 9.59 Å². The van der Waals surface area contributed by atoms with Gasteiger partial charge in [0.1, 0.15) is 0 Å². The molecule has 29 heavy (non-hydrogen) atoms. The van der Waals surface area contributed by atoms with Crippen molar-refractivity contribution in [2.75, 3.05) is 33.9 Å². The lowest BCUT2D eigenvalue weighted by Crippen LogP contribution is -2.44. The predicted molar refractivity (Wildman–Crippen MR) is 108 cm³/mol. The monoisotopic (exact) mass is 398 g/mol. The zero-order valence-electron chi connectivity index (χ0n) is 16.9. The second-order valence-electron chi connectivity index (χ2n) is 6.49. The molecule has 0 radical (unpaired) electrons. The van der Waals surface area contributed by atoms with Crippen LogP contribution in [0, 0.1) is 0 Å². The molecular weight excluding hydrogens is 372 g/mol. The molecule has 154 valence electrons. The summed E-state index contributed by atoms with van der Waals surface area (Å²) in [6.07, 6.45) is 0. The molecule has 0 bridgehead atoms. The van der Waals surface area contributed by atoms with Crippen LogP contribution in [0.4, 0.5) is 0 Å². The zero-order chi connectivity index (χ0) is 21.3. The highest BCUT2D eigenvalue weighted by molar-refractivity contribution is 5.89. The van der Waals surface area contributed by atoms with Gasteiger partial charge in [-0.05, 0) is 18.1 Å². The summed E-state index contributed by atoms with van der Waals surface area (Å²) in [6, 6.07) is 18.0. The molecule has 0 saturated carbocycles. The Hall–Kier alpha value is -3.19. The van der Waals surface area contributed by atoms with Gasteiger partial charge in [-0.15, -0.1) is 0 Å². The first-order valence-corrected chi connectivity index (χ1v) is 9.31. The van der Waals surface area contributed by atoms with Crippen molar-refractivity contribution < 1.29 is 23.9 Å². The molecule has 1 N–H and O–H groups in total. The van der Waals surface area contributed by atoms with Crippen LogP contribution in [0.5, 0.6) is 0 Å². The summed E-state index contributed by atoms with van der Waals surface area (Å²) in [6.45, 7) is 1.35. The number of amides is 2. The van der Waals surface area contributed by atoms with Crippen molar-refractivity contribution >= 4 is 17.8 Å². The molecule has 7 nitrogen and oxygen atoms in total. The lowest BCUT2D eigenvalue weighted by molar-refractivity contribution is -0.170. The normalized spacial score (nSPS) is 10.9. The molecule has 2 aromatic carbocycles. The van der Waals surface area contributed by atoms with E-state index < -0.39 is 24.1 Å². The van der Waals surface area contributed by atoms with Crippen LogP contribution in [-0.4, -0.2) is 56.5 Å². The minimum absolute atomic E-state index is 0.169. The Balaban J connectivity index is 2.24. The summed E-state index contributed by atoms with van der Waals surface area (Å²) in [5, 5.41) is 2.43. The molecule has 0 aliphatic carbocycles. The first-order chi connectivity index (χ1) is 13.9. The summed E-state index contributed by atoms with van der Waals surface area (Å²) in [7, 11) is 3.18. The van der Waals surface area contributed by atoms with Crippen LogP contribution in [0.1, 0.15) is 18.1 Å². The van der Waals surface area contributed by atoms with E-state index in [1.165, 1.54) is 4.90 Å². The van der Waals surface area contributed by atoms with Crippen LogP contribution in [-0.2, 0) is 29.5 Å². The third-order valence-corrected chi connectivity index (χ3v) is 4.28. The Morgan fingerprint density at radius 1 is 0.931 bits per heavy atom.